The SMILES string of the molecule is O=C(Nc1ccc(Cl)cc1)C1C(C(=O)Nc2ccc(-n3ccccc3=O)cc2F)C1C(=O)N1CCCC1. The zero-order valence-corrected chi connectivity index (χ0v) is 20.5. The van der Waals surface area contributed by atoms with E-state index < -0.39 is 35.4 Å². The molecule has 0 radical (unpaired) electrons. The van der Waals surface area contributed by atoms with Crippen LogP contribution in [0.15, 0.2) is 71.7 Å². The smallest absolute Gasteiger partial charge is 0.255 e. The summed E-state index contributed by atoms with van der Waals surface area (Å²) >= 11 is 5.90. The molecule has 3 unspecified atom stereocenters. The molecule has 3 atom stereocenters. The molecule has 1 aromatic heterocycles. The third-order valence-electron chi connectivity index (χ3n) is 6.75. The summed E-state index contributed by atoms with van der Waals surface area (Å²) < 4.78 is 16.2. The van der Waals surface area contributed by atoms with Crippen LogP contribution in [-0.2, 0) is 14.4 Å². The van der Waals surface area contributed by atoms with Gasteiger partial charge in [-0.15, -0.1) is 0 Å². The number of hydrogen-bond acceptors (Lipinski definition) is 4. The number of halogens is 2. The summed E-state index contributed by atoms with van der Waals surface area (Å²) in [5.41, 5.74) is 0.365. The Morgan fingerprint density at radius 2 is 1.54 bits per heavy atom. The van der Waals surface area contributed by atoms with Crippen molar-refractivity contribution in [2.24, 2.45) is 17.8 Å². The Labute approximate surface area is 217 Å². The highest BCUT2D eigenvalue weighted by Gasteiger charge is 2.63. The average molecular weight is 523 g/mol. The van der Waals surface area contributed by atoms with Gasteiger partial charge in [-0.25, -0.2) is 4.39 Å². The van der Waals surface area contributed by atoms with Crippen LogP contribution in [0.3, 0.4) is 0 Å². The molecule has 2 aliphatic rings. The van der Waals surface area contributed by atoms with Gasteiger partial charge < -0.3 is 15.5 Å². The molecule has 3 amide bonds. The van der Waals surface area contributed by atoms with Crippen molar-refractivity contribution in [3.8, 4) is 5.69 Å². The second-order valence-corrected chi connectivity index (χ2v) is 9.60. The minimum absolute atomic E-state index is 0.103. The molecule has 2 aromatic carbocycles. The number of hydrogen-bond donors (Lipinski definition) is 2. The maximum atomic E-state index is 14.9. The number of carbonyl (C=O) groups excluding carboxylic acids is 3. The van der Waals surface area contributed by atoms with Gasteiger partial charge in [0.05, 0.1) is 29.1 Å². The number of anilines is 2. The number of likely N-dealkylation sites (tertiary alicyclic amines) is 1. The number of benzene rings is 2. The Kier molecular flexibility index (Phi) is 6.80. The third-order valence-corrected chi connectivity index (χ3v) is 7.00. The standard InChI is InChI=1S/C27H24ClFN4O4/c28-16-6-8-17(9-7-16)30-25(35)22-23(24(22)27(37)32-12-3-4-13-32)26(36)31-20-11-10-18(15-19(20)29)33-14-2-1-5-21(33)34/h1-2,5-11,14-15,22-24H,3-4,12-13H2,(H,30,35)(H,31,36). The third kappa shape index (κ3) is 5.13. The van der Waals surface area contributed by atoms with Crippen LogP contribution in [0.5, 0.6) is 0 Å². The molecule has 8 nitrogen and oxygen atoms in total. The molecule has 10 heteroatoms. The van der Waals surface area contributed by atoms with Crippen LogP contribution in [0.1, 0.15) is 12.8 Å². The molecule has 37 heavy (non-hydrogen) atoms. The first-order valence-corrected chi connectivity index (χ1v) is 12.3. The number of rotatable bonds is 6. The lowest BCUT2D eigenvalue weighted by atomic mass is 10.2. The second-order valence-electron chi connectivity index (χ2n) is 9.17. The molecular formula is C27H24ClFN4O4. The molecule has 190 valence electrons. The second kappa shape index (κ2) is 10.2. The van der Waals surface area contributed by atoms with Gasteiger partial charge in [0.2, 0.25) is 17.7 Å². The first-order valence-electron chi connectivity index (χ1n) is 12.0. The Balaban J connectivity index is 1.34. The van der Waals surface area contributed by atoms with Gasteiger partial charge in [-0.05, 0) is 55.3 Å². The van der Waals surface area contributed by atoms with E-state index in [1.54, 1.807) is 41.3 Å². The van der Waals surface area contributed by atoms with E-state index in [0.717, 1.165) is 18.9 Å². The minimum Gasteiger partial charge on any atom is -0.342 e. The van der Waals surface area contributed by atoms with Crippen LogP contribution >= 0.6 is 11.6 Å². The summed E-state index contributed by atoms with van der Waals surface area (Å²) in [4.78, 5) is 53.1. The van der Waals surface area contributed by atoms with E-state index in [1.807, 2.05) is 0 Å². The molecule has 1 saturated heterocycles. The predicted octanol–water partition coefficient (Wildman–Crippen LogP) is 3.69. The fourth-order valence-corrected chi connectivity index (χ4v) is 4.92. The molecule has 0 bridgehead atoms. The summed E-state index contributed by atoms with van der Waals surface area (Å²) in [6, 6.07) is 15.1. The van der Waals surface area contributed by atoms with E-state index in [-0.39, 0.29) is 17.2 Å². The maximum Gasteiger partial charge on any atom is 0.255 e. The molecule has 0 spiro atoms. The van der Waals surface area contributed by atoms with Crippen LogP contribution in [-0.4, -0.2) is 40.3 Å². The zero-order valence-electron chi connectivity index (χ0n) is 19.7. The lowest BCUT2D eigenvalue weighted by Crippen LogP contribution is -2.31. The quantitative estimate of drug-likeness (QED) is 0.515. The van der Waals surface area contributed by atoms with Crippen molar-refractivity contribution >= 4 is 40.7 Å². The number of carbonyl (C=O) groups is 3. The van der Waals surface area contributed by atoms with Gasteiger partial charge in [0, 0.05) is 42.1 Å². The van der Waals surface area contributed by atoms with E-state index in [0.29, 0.717) is 29.5 Å². The van der Waals surface area contributed by atoms with Crippen molar-refractivity contribution in [2.75, 3.05) is 23.7 Å². The van der Waals surface area contributed by atoms with E-state index in [1.165, 1.54) is 29.0 Å². The number of nitrogens with zero attached hydrogens (tertiary/aromatic N) is 2. The minimum atomic E-state index is -0.934. The van der Waals surface area contributed by atoms with Gasteiger partial charge >= 0.3 is 0 Å². The number of amides is 3. The van der Waals surface area contributed by atoms with Crippen molar-refractivity contribution in [3.63, 3.8) is 0 Å². The molecule has 1 aliphatic heterocycles. The van der Waals surface area contributed by atoms with Gasteiger partial charge in [-0.3, -0.25) is 23.7 Å². The number of pyridine rings is 1. The zero-order chi connectivity index (χ0) is 26.1. The van der Waals surface area contributed by atoms with Crippen molar-refractivity contribution in [3.05, 3.63) is 88.1 Å². The highest BCUT2D eigenvalue weighted by Crippen LogP contribution is 2.49. The van der Waals surface area contributed by atoms with E-state index in [4.69, 9.17) is 11.6 Å². The first-order chi connectivity index (χ1) is 17.8. The van der Waals surface area contributed by atoms with Crippen LogP contribution < -0.4 is 16.2 Å². The molecule has 2 heterocycles. The Bertz CT molecular complexity index is 1420. The van der Waals surface area contributed by atoms with Crippen LogP contribution in [0.4, 0.5) is 15.8 Å². The highest BCUT2D eigenvalue weighted by atomic mass is 35.5. The monoisotopic (exact) mass is 522 g/mol. The van der Waals surface area contributed by atoms with Crippen molar-refractivity contribution in [1.82, 2.24) is 9.47 Å². The van der Waals surface area contributed by atoms with Crippen molar-refractivity contribution in [2.45, 2.75) is 12.8 Å². The van der Waals surface area contributed by atoms with Crippen molar-refractivity contribution in [1.29, 1.82) is 0 Å². The van der Waals surface area contributed by atoms with Crippen LogP contribution in [0.2, 0.25) is 5.02 Å². The summed E-state index contributed by atoms with van der Waals surface area (Å²) in [5.74, 6) is -4.70. The van der Waals surface area contributed by atoms with Gasteiger partial charge in [0.1, 0.15) is 5.82 Å². The lowest BCUT2D eigenvalue weighted by molar-refractivity contribution is -0.133. The molecule has 2 fully saturated rings. The first kappa shape index (κ1) is 24.7. The van der Waals surface area contributed by atoms with Crippen LogP contribution in [0.25, 0.3) is 5.69 Å². The fourth-order valence-electron chi connectivity index (χ4n) is 4.79. The highest BCUT2D eigenvalue weighted by molar-refractivity contribution is 6.30. The summed E-state index contributed by atoms with van der Waals surface area (Å²) in [6.07, 6.45) is 3.26. The molecule has 5 rings (SSSR count). The Morgan fingerprint density at radius 3 is 2.19 bits per heavy atom. The lowest BCUT2D eigenvalue weighted by Gasteiger charge is -2.15. The number of nitrogens with one attached hydrogen (secondary N) is 2. The summed E-state index contributed by atoms with van der Waals surface area (Å²) in [6.45, 7) is 1.17. The van der Waals surface area contributed by atoms with Gasteiger partial charge in [-0.2, -0.15) is 0 Å². The largest absolute Gasteiger partial charge is 0.342 e. The molecular weight excluding hydrogens is 499 g/mol. The maximum absolute atomic E-state index is 14.9. The topological polar surface area (TPSA) is 101 Å². The normalized spacial score (nSPS) is 20.4. The molecule has 1 aliphatic carbocycles. The van der Waals surface area contributed by atoms with Crippen molar-refractivity contribution < 1.29 is 18.8 Å². The van der Waals surface area contributed by atoms with Gasteiger partial charge in [0.15, 0.2) is 0 Å². The average Bonchev–Trinajstić information content (AvgIpc) is 3.40. The van der Waals surface area contributed by atoms with Gasteiger partial charge in [0.25, 0.3) is 5.56 Å². The summed E-state index contributed by atoms with van der Waals surface area (Å²) in [7, 11) is 0. The fraction of sp³-hybridized carbons (Fsp3) is 0.259. The van der Waals surface area contributed by atoms with E-state index in [2.05, 4.69) is 10.6 Å². The van der Waals surface area contributed by atoms with Crippen LogP contribution in [0, 0.1) is 23.6 Å². The Morgan fingerprint density at radius 1 is 0.865 bits per heavy atom. The molecule has 3 aromatic rings. The molecule has 1 saturated carbocycles. The molecule has 2 N–H and O–H groups in total. The predicted molar refractivity (Wildman–Crippen MR) is 137 cm³/mol. The van der Waals surface area contributed by atoms with E-state index >= 15 is 0 Å². The Hall–Kier alpha value is -3.98. The summed E-state index contributed by atoms with van der Waals surface area (Å²) in [5, 5.41) is 5.78. The number of aromatic nitrogens is 1. The van der Waals surface area contributed by atoms with E-state index in [9.17, 15) is 23.6 Å². The van der Waals surface area contributed by atoms with Gasteiger partial charge in [-0.1, -0.05) is 17.7 Å².